The number of rotatable bonds is 9. The second-order valence-electron chi connectivity index (χ2n) is 13.1. The fraction of sp³-hybridized carbons (Fsp3) is 0.514. The Balaban J connectivity index is 0.000000296. The number of likely N-dealkylation sites (tertiary alicyclic amines) is 1. The lowest BCUT2D eigenvalue weighted by Gasteiger charge is -2.40. The second-order valence-corrected chi connectivity index (χ2v) is 13.1. The number of para-hydroxylation sites is 1. The van der Waals surface area contributed by atoms with Crippen molar-refractivity contribution in [1.82, 2.24) is 9.80 Å². The fourth-order valence-electron chi connectivity index (χ4n) is 7.46. The van der Waals surface area contributed by atoms with Crippen molar-refractivity contribution >= 4 is 35.4 Å². The molecule has 6 rings (SSSR count). The van der Waals surface area contributed by atoms with E-state index in [2.05, 4.69) is 29.2 Å². The van der Waals surface area contributed by atoms with Crippen molar-refractivity contribution in [1.29, 1.82) is 0 Å². The molecule has 4 aliphatic rings. The molecule has 0 radical (unpaired) electrons. The Morgan fingerprint density at radius 1 is 0.812 bits per heavy atom. The van der Waals surface area contributed by atoms with Crippen molar-refractivity contribution in [2.45, 2.75) is 68.4 Å². The summed E-state index contributed by atoms with van der Waals surface area (Å²) in [7, 11) is 0. The van der Waals surface area contributed by atoms with E-state index in [1.165, 1.54) is 31.2 Å². The first-order valence-electron chi connectivity index (χ1n) is 16.4. The Labute approximate surface area is 278 Å². The maximum Gasteiger partial charge on any atom is 0.336 e. The van der Waals surface area contributed by atoms with Crippen LogP contribution in [-0.2, 0) is 47.0 Å². The molecule has 2 amide bonds. The minimum absolute atomic E-state index is 0.0534. The molecule has 1 aliphatic carbocycles. The molecule has 2 fully saturated rings. The van der Waals surface area contributed by atoms with Crippen LogP contribution in [0, 0.1) is 0 Å². The number of carbonyl (C=O) groups excluding carboxylic acids is 2. The van der Waals surface area contributed by atoms with Crippen molar-refractivity contribution in [3.05, 3.63) is 65.2 Å². The van der Waals surface area contributed by atoms with Gasteiger partial charge in [0.15, 0.2) is 5.60 Å². The first-order valence-corrected chi connectivity index (χ1v) is 16.4. The van der Waals surface area contributed by atoms with Crippen LogP contribution in [0.25, 0.3) is 0 Å². The fourth-order valence-corrected chi connectivity index (χ4v) is 7.46. The molecule has 4 N–H and O–H groups in total. The highest BCUT2D eigenvalue weighted by Crippen LogP contribution is 2.46. The highest BCUT2D eigenvalue weighted by Gasteiger charge is 2.43. The summed E-state index contributed by atoms with van der Waals surface area (Å²) in [5.74, 6) is -4.90. The average molecular weight is 666 g/mol. The van der Waals surface area contributed by atoms with Crippen LogP contribution in [0.5, 0.6) is 0 Å². The molecule has 1 atom stereocenters. The van der Waals surface area contributed by atoms with Crippen molar-refractivity contribution < 1.29 is 49.1 Å². The van der Waals surface area contributed by atoms with Gasteiger partial charge in [-0.3, -0.25) is 24.1 Å². The number of hydrogen-bond acceptors (Lipinski definition) is 8. The molecular weight excluding hydrogens is 622 g/mol. The van der Waals surface area contributed by atoms with Crippen LogP contribution in [0.1, 0.15) is 55.2 Å². The van der Waals surface area contributed by atoms with E-state index in [4.69, 9.17) is 25.2 Å². The van der Waals surface area contributed by atoms with Gasteiger partial charge in [-0.15, -0.1) is 0 Å². The van der Waals surface area contributed by atoms with Crippen molar-refractivity contribution in [3.8, 4) is 0 Å². The van der Waals surface area contributed by atoms with Gasteiger partial charge in [0.2, 0.25) is 11.8 Å². The summed E-state index contributed by atoms with van der Waals surface area (Å²) in [6, 6.07) is 16.5. The Morgan fingerprint density at radius 2 is 1.42 bits per heavy atom. The number of fused-ring (bicyclic) bond motifs is 3. The molecule has 3 aliphatic heterocycles. The van der Waals surface area contributed by atoms with Gasteiger partial charge < -0.3 is 35.0 Å². The summed E-state index contributed by atoms with van der Waals surface area (Å²) >= 11 is 0. The third-order valence-electron chi connectivity index (χ3n) is 10.1. The molecule has 0 aromatic heterocycles. The van der Waals surface area contributed by atoms with Crippen molar-refractivity contribution in [3.63, 3.8) is 0 Å². The van der Waals surface area contributed by atoms with Crippen LogP contribution in [0.15, 0.2) is 48.5 Å². The summed E-state index contributed by atoms with van der Waals surface area (Å²) < 4.78 is 5.43. The number of aliphatic hydroxyl groups is 1. The van der Waals surface area contributed by atoms with E-state index in [0.29, 0.717) is 44.6 Å². The van der Waals surface area contributed by atoms with Gasteiger partial charge in [0, 0.05) is 38.2 Å². The van der Waals surface area contributed by atoms with Crippen LogP contribution in [-0.4, -0.2) is 118 Å². The molecule has 0 unspecified atom stereocenters. The largest absolute Gasteiger partial charge is 0.481 e. The molecule has 2 aromatic carbocycles. The zero-order valence-electron chi connectivity index (χ0n) is 26.9. The van der Waals surface area contributed by atoms with Gasteiger partial charge in [-0.1, -0.05) is 42.5 Å². The predicted octanol–water partition coefficient (Wildman–Crippen LogP) is 1.92. The van der Waals surface area contributed by atoms with Gasteiger partial charge in [-0.2, -0.15) is 0 Å². The van der Waals surface area contributed by atoms with Crippen molar-refractivity contribution in [2.75, 3.05) is 50.8 Å². The smallest absolute Gasteiger partial charge is 0.336 e. The Bertz CT molecular complexity index is 1510. The SMILES string of the molecule is O=C(O)CC(O)(CC(=O)O)C(=O)O.O=C([C@@H]1Cc2ccccc2N1C(=O)CCN1CCC2(CCc3ccccc32)CC1)N1CCOCC1. The normalized spacial score (nSPS) is 20.0. The number of morpholine rings is 1. The molecule has 258 valence electrons. The third kappa shape index (κ3) is 7.69. The molecule has 3 heterocycles. The van der Waals surface area contributed by atoms with E-state index in [9.17, 15) is 24.0 Å². The van der Waals surface area contributed by atoms with E-state index >= 15 is 0 Å². The molecule has 48 heavy (non-hydrogen) atoms. The number of amides is 2. The number of aliphatic carboxylic acids is 3. The minimum atomic E-state index is -2.74. The molecule has 2 saturated heterocycles. The van der Waals surface area contributed by atoms with E-state index in [-0.39, 0.29) is 11.8 Å². The molecule has 13 heteroatoms. The monoisotopic (exact) mass is 665 g/mol. The molecule has 2 aromatic rings. The zero-order valence-corrected chi connectivity index (χ0v) is 26.9. The lowest BCUT2D eigenvalue weighted by molar-refractivity contribution is -0.170. The Morgan fingerprint density at radius 3 is 2.04 bits per heavy atom. The quantitative estimate of drug-likeness (QED) is 0.307. The lowest BCUT2D eigenvalue weighted by atomic mass is 9.74. The van der Waals surface area contributed by atoms with Crippen LogP contribution in [0.2, 0.25) is 0 Å². The maximum absolute atomic E-state index is 13.6. The number of aryl methyl sites for hydroxylation is 1. The second kappa shape index (κ2) is 14.8. The van der Waals surface area contributed by atoms with Gasteiger partial charge in [-0.25, -0.2) is 4.79 Å². The zero-order chi connectivity index (χ0) is 34.5. The number of carboxylic acids is 3. The lowest BCUT2D eigenvalue weighted by Crippen LogP contribution is -2.53. The molecule has 0 bridgehead atoms. The van der Waals surface area contributed by atoms with Crippen LogP contribution in [0.4, 0.5) is 5.69 Å². The van der Waals surface area contributed by atoms with Crippen molar-refractivity contribution in [2.24, 2.45) is 0 Å². The number of carboxylic acid groups (broad SMARTS) is 3. The van der Waals surface area contributed by atoms with Crippen LogP contribution < -0.4 is 4.90 Å². The van der Waals surface area contributed by atoms with Gasteiger partial charge in [0.05, 0.1) is 26.1 Å². The van der Waals surface area contributed by atoms with E-state index in [0.717, 1.165) is 30.9 Å². The summed E-state index contributed by atoms with van der Waals surface area (Å²) in [5.41, 5.74) is 2.68. The topological polar surface area (TPSA) is 185 Å². The number of hydrogen-bond donors (Lipinski definition) is 4. The number of anilines is 1. The summed E-state index contributed by atoms with van der Waals surface area (Å²) in [5, 5.41) is 33.8. The highest BCUT2D eigenvalue weighted by atomic mass is 16.5. The van der Waals surface area contributed by atoms with E-state index < -0.39 is 42.4 Å². The van der Waals surface area contributed by atoms with Gasteiger partial charge >= 0.3 is 17.9 Å². The minimum Gasteiger partial charge on any atom is -0.481 e. The number of piperidine rings is 1. The van der Waals surface area contributed by atoms with E-state index in [1.54, 1.807) is 10.5 Å². The molecular formula is C35H43N3O10. The molecule has 1 spiro atoms. The Hall–Kier alpha value is -4.33. The average Bonchev–Trinajstić information content (AvgIpc) is 3.63. The molecule has 13 nitrogen and oxygen atoms in total. The number of ether oxygens (including phenoxy) is 1. The maximum atomic E-state index is 13.6. The van der Waals surface area contributed by atoms with Gasteiger partial charge in [0.1, 0.15) is 6.04 Å². The summed E-state index contributed by atoms with van der Waals surface area (Å²) in [4.78, 5) is 63.6. The third-order valence-corrected chi connectivity index (χ3v) is 10.1. The van der Waals surface area contributed by atoms with E-state index in [1.807, 2.05) is 29.2 Å². The first kappa shape index (κ1) is 35.0. The summed E-state index contributed by atoms with van der Waals surface area (Å²) in [6.07, 6.45) is 3.56. The molecule has 0 saturated carbocycles. The predicted molar refractivity (Wildman–Crippen MR) is 173 cm³/mol. The standard InChI is InChI=1S/C29H35N3O3.C6H8O7/c33-27(10-14-30-15-12-29(13-16-30)11-9-22-5-1-3-7-24(22)29)32-25-8-4-2-6-23(25)21-26(32)28(34)31-17-19-35-20-18-31;7-3(8)1-6(13,5(11)12)2-4(9)10/h1-8,26H,9-21H2;13H,1-2H2,(H,7,8)(H,9,10)(H,11,12)/t26-;/m0./s1. The van der Waals surface area contributed by atoms with Crippen LogP contribution >= 0.6 is 0 Å². The highest BCUT2D eigenvalue weighted by molar-refractivity contribution is 6.03. The first-order chi connectivity index (χ1) is 22.9. The van der Waals surface area contributed by atoms with Gasteiger partial charge in [0.25, 0.3) is 0 Å². The number of benzene rings is 2. The Kier molecular flexibility index (Phi) is 10.8. The number of nitrogens with zero attached hydrogens (tertiary/aromatic N) is 3. The van der Waals surface area contributed by atoms with Gasteiger partial charge in [-0.05, 0) is 66.9 Å². The summed E-state index contributed by atoms with van der Waals surface area (Å²) in [6.45, 7) is 5.18. The van der Waals surface area contributed by atoms with Crippen LogP contribution in [0.3, 0.4) is 0 Å². The number of carbonyl (C=O) groups is 5.